The van der Waals surface area contributed by atoms with E-state index in [4.69, 9.17) is 15.2 Å². The molecule has 0 spiro atoms. The quantitative estimate of drug-likeness (QED) is 0.608. The molecular formula is C18H30N4O2. The third kappa shape index (κ3) is 4.85. The molecule has 0 radical (unpaired) electrons. The number of nitrogens with two attached hydrogens (primary N) is 1. The molecule has 0 bridgehead atoms. The van der Waals surface area contributed by atoms with Gasteiger partial charge in [0.1, 0.15) is 5.75 Å². The van der Waals surface area contributed by atoms with Crippen LogP contribution in [-0.2, 0) is 4.74 Å². The molecule has 24 heavy (non-hydrogen) atoms. The van der Waals surface area contributed by atoms with Crippen LogP contribution >= 0.6 is 0 Å². The topological polar surface area (TPSA) is 63.3 Å². The first kappa shape index (κ1) is 18.5. The molecule has 1 heterocycles. The lowest BCUT2D eigenvalue weighted by molar-refractivity contribution is 0.0179. The summed E-state index contributed by atoms with van der Waals surface area (Å²) in [6, 6.07) is 8.43. The second kappa shape index (κ2) is 9.49. The second-order valence-electron chi connectivity index (χ2n) is 5.81. The number of methoxy groups -OCH3 is 1. The number of rotatable bonds is 7. The summed E-state index contributed by atoms with van der Waals surface area (Å²) in [5.74, 6) is 1.48. The number of benzene rings is 1. The average Bonchev–Trinajstić information content (AvgIpc) is 2.64. The van der Waals surface area contributed by atoms with Crippen molar-refractivity contribution in [2.75, 3.05) is 53.0 Å². The molecule has 1 aliphatic heterocycles. The van der Waals surface area contributed by atoms with Gasteiger partial charge in [0.15, 0.2) is 5.96 Å². The van der Waals surface area contributed by atoms with Gasteiger partial charge in [0, 0.05) is 26.2 Å². The first-order valence-corrected chi connectivity index (χ1v) is 8.70. The van der Waals surface area contributed by atoms with Gasteiger partial charge in [-0.05, 0) is 31.5 Å². The molecule has 1 saturated heterocycles. The van der Waals surface area contributed by atoms with Gasteiger partial charge in [0.05, 0.1) is 32.9 Å². The van der Waals surface area contributed by atoms with Gasteiger partial charge in [-0.1, -0.05) is 12.1 Å². The van der Waals surface area contributed by atoms with Crippen molar-refractivity contribution in [3.05, 3.63) is 29.8 Å². The summed E-state index contributed by atoms with van der Waals surface area (Å²) in [6.45, 7) is 9.93. The molecule has 1 aliphatic rings. The summed E-state index contributed by atoms with van der Waals surface area (Å²) < 4.78 is 10.8. The van der Waals surface area contributed by atoms with Crippen molar-refractivity contribution in [3.8, 4) is 5.75 Å². The van der Waals surface area contributed by atoms with Crippen molar-refractivity contribution in [1.82, 2.24) is 9.80 Å². The first-order valence-electron chi connectivity index (χ1n) is 8.70. The van der Waals surface area contributed by atoms with E-state index in [0.29, 0.717) is 12.5 Å². The molecule has 1 unspecified atom stereocenters. The van der Waals surface area contributed by atoms with Gasteiger partial charge in [0.2, 0.25) is 0 Å². The van der Waals surface area contributed by atoms with Gasteiger partial charge in [-0.25, -0.2) is 0 Å². The number of nitrogens with zero attached hydrogens (tertiary/aromatic N) is 3. The van der Waals surface area contributed by atoms with Crippen LogP contribution in [0.2, 0.25) is 0 Å². The minimum atomic E-state index is 0.203. The number of guanidine groups is 1. The van der Waals surface area contributed by atoms with Crippen molar-refractivity contribution in [2.45, 2.75) is 19.9 Å². The molecular weight excluding hydrogens is 304 g/mol. The molecule has 134 valence electrons. The second-order valence-corrected chi connectivity index (χ2v) is 5.81. The van der Waals surface area contributed by atoms with Gasteiger partial charge in [-0.3, -0.25) is 9.89 Å². The molecule has 6 heteroatoms. The summed E-state index contributed by atoms with van der Waals surface area (Å²) in [7, 11) is 1.68. The normalized spacial score (nSPS) is 17.5. The molecule has 1 atom stereocenters. The maximum Gasteiger partial charge on any atom is 0.191 e. The maximum absolute atomic E-state index is 6.15. The Balaban J connectivity index is 2.17. The van der Waals surface area contributed by atoms with Gasteiger partial charge in [-0.2, -0.15) is 0 Å². The highest BCUT2D eigenvalue weighted by Gasteiger charge is 2.22. The Morgan fingerprint density at radius 3 is 2.42 bits per heavy atom. The van der Waals surface area contributed by atoms with E-state index in [1.54, 1.807) is 7.11 Å². The van der Waals surface area contributed by atoms with E-state index in [1.165, 1.54) is 5.56 Å². The van der Waals surface area contributed by atoms with Crippen LogP contribution in [0.15, 0.2) is 29.3 Å². The Kier molecular flexibility index (Phi) is 7.34. The molecule has 2 N–H and O–H groups in total. The first-order chi connectivity index (χ1) is 11.7. The van der Waals surface area contributed by atoms with Crippen molar-refractivity contribution in [3.63, 3.8) is 0 Å². The Morgan fingerprint density at radius 1 is 1.25 bits per heavy atom. The minimum Gasteiger partial charge on any atom is -0.497 e. The van der Waals surface area contributed by atoms with E-state index >= 15 is 0 Å². The minimum absolute atomic E-state index is 0.203. The lowest BCUT2D eigenvalue weighted by atomic mass is 10.0. The van der Waals surface area contributed by atoms with Crippen LogP contribution in [-0.4, -0.2) is 68.8 Å². The summed E-state index contributed by atoms with van der Waals surface area (Å²) >= 11 is 0. The maximum atomic E-state index is 6.15. The summed E-state index contributed by atoms with van der Waals surface area (Å²) in [6.07, 6.45) is 0. The van der Waals surface area contributed by atoms with E-state index in [0.717, 1.165) is 45.1 Å². The molecule has 1 fully saturated rings. The Labute approximate surface area is 145 Å². The van der Waals surface area contributed by atoms with E-state index < -0.39 is 0 Å². The van der Waals surface area contributed by atoms with Gasteiger partial charge in [-0.15, -0.1) is 0 Å². The zero-order chi connectivity index (χ0) is 17.4. The van der Waals surface area contributed by atoms with Gasteiger partial charge < -0.3 is 20.1 Å². The highest BCUT2D eigenvalue weighted by atomic mass is 16.5. The SMILES string of the molecule is CCN(CC)C(N)=NCC(c1ccc(OC)cc1)N1CCOCC1. The summed E-state index contributed by atoms with van der Waals surface area (Å²) in [5.41, 5.74) is 7.38. The van der Waals surface area contributed by atoms with Crippen LogP contribution in [0, 0.1) is 0 Å². The molecule has 2 rings (SSSR count). The number of ether oxygens (including phenoxy) is 2. The van der Waals surface area contributed by atoms with E-state index in [1.807, 2.05) is 12.1 Å². The fraction of sp³-hybridized carbons (Fsp3) is 0.611. The van der Waals surface area contributed by atoms with E-state index in [-0.39, 0.29) is 6.04 Å². The Bertz CT molecular complexity index is 508. The fourth-order valence-electron chi connectivity index (χ4n) is 2.97. The van der Waals surface area contributed by atoms with Gasteiger partial charge >= 0.3 is 0 Å². The Morgan fingerprint density at radius 2 is 1.88 bits per heavy atom. The van der Waals surface area contributed by atoms with Crippen LogP contribution in [0.1, 0.15) is 25.5 Å². The molecule has 0 saturated carbocycles. The van der Waals surface area contributed by atoms with Crippen LogP contribution in [0.25, 0.3) is 0 Å². The van der Waals surface area contributed by atoms with Crippen molar-refractivity contribution in [2.24, 2.45) is 10.7 Å². The van der Waals surface area contributed by atoms with E-state index in [2.05, 4.69) is 40.8 Å². The smallest absolute Gasteiger partial charge is 0.191 e. The lowest BCUT2D eigenvalue weighted by Crippen LogP contribution is -2.41. The molecule has 1 aromatic rings. The molecule has 1 aromatic carbocycles. The highest BCUT2D eigenvalue weighted by Crippen LogP contribution is 2.24. The molecule has 0 aromatic heterocycles. The van der Waals surface area contributed by atoms with Crippen molar-refractivity contribution < 1.29 is 9.47 Å². The van der Waals surface area contributed by atoms with Crippen LogP contribution in [0.4, 0.5) is 0 Å². The van der Waals surface area contributed by atoms with Crippen LogP contribution in [0.5, 0.6) is 5.75 Å². The van der Waals surface area contributed by atoms with Crippen molar-refractivity contribution >= 4 is 5.96 Å². The number of hydrogen-bond acceptors (Lipinski definition) is 4. The molecule has 6 nitrogen and oxygen atoms in total. The summed E-state index contributed by atoms with van der Waals surface area (Å²) in [5, 5.41) is 0. The zero-order valence-corrected chi connectivity index (χ0v) is 15.1. The highest BCUT2D eigenvalue weighted by molar-refractivity contribution is 5.78. The van der Waals surface area contributed by atoms with Gasteiger partial charge in [0.25, 0.3) is 0 Å². The molecule has 0 aliphatic carbocycles. The van der Waals surface area contributed by atoms with Crippen LogP contribution in [0.3, 0.4) is 0 Å². The molecule has 0 amide bonds. The number of aliphatic imine (C=N–C) groups is 1. The number of morpholine rings is 1. The predicted molar refractivity (Wildman–Crippen MR) is 97.5 cm³/mol. The monoisotopic (exact) mass is 334 g/mol. The number of hydrogen-bond donors (Lipinski definition) is 1. The zero-order valence-electron chi connectivity index (χ0n) is 15.1. The van der Waals surface area contributed by atoms with Crippen molar-refractivity contribution in [1.29, 1.82) is 0 Å². The largest absolute Gasteiger partial charge is 0.497 e. The standard InChI is InChI=1S/C18H30N4O2/c1-4-21(5-2)18(19)20-14-17(22-10-12-24-13-11-22)15-6-8-16(23-3)9-7-15/h6-9,17H,4-5,10-14H2,1-3H3,(H2,19,20). The Hall–Kier alpha value is -1.79. The third-order valence-electron chi connectivity index (χ3n) is 4.50. The van der Waals surface area contributed by atoms with E-state index in [9.17, 15) is 0 Å². The van der Waals surface area contributed by atoms with Crippen LogP contribution < -0.4 is 10.5 Å². The predicted octanol–water partition coefficient (Wildman–Crippen LogP) is 1.72. The average molecular weight is 334 g/mol. The fourth-order valence-corrected chi connectivity index (χ4v) is 2.97. The lowest BCUT2D eigenvalue weighted by Gasteiger charge is -2.34. The third-order valence-corrected chi connectivity index (χ3v) is 4.50. The summed E-state index contributed by atoms with van der Waals surface area (Å²) in [4.78, 5) is 9.16.